The standard InChI is InChI=1S/C21H24N4O9S/c1-2-34-21(29)19(20(28)13-3-7-15(8-4-13)25(30)31)24-18(27)12-11-17(26)23-14-5-9-16(10-6-14)35(22,32)33/h3-10,19-20,28H,2,11-12H2,1H3,(H,23,26)(H,24,27)(H2,22,32,33). The number of aliphatic hydroxyl groups excluding tert-OH is 1. The van der Waals surface area contributed by atoms with Crippen LogP contribution in [-0.2, 0) is 29.1 Å². The van der Waals surface area contributed by atoms with Crippen molar-refractivity contribution in [3.63, 3.8) is 0 Å². The van der Waals surface area contributed by atoms with E-state index in [9.17, 15) is 38.0 Å². The third-order valence-electron chi connectivity index (χ3n) is 4.66. The Hall–Kier alpha value is -3.88. The largest absolute Gasteiger partial charge is 0.464 e. The molecule has 2 atom stereocenters. The van der Waals surface area contributed by atoms with Crippen LogP contribution in [0.4, 0.5) is 11.4 Å². The minimum Gasteiger partial charge on any atom is -0.464 e. The van der Waals surface area contributed by atoms with E-state index in [0.717, 1.165) is 12.1 Å². The van der Waals surface area contributed by atoms with Gasteiger partial charge in [0.05, 0.1) is 16.4 Å². The number of nitro groups is 1. The minimum absolute atomic E-state index is 0.0230. The van der Waals surface area contributed by atoms with E-state index in [2.05, 4.69) is 10.6 Å². The van der Waals surface area contributed by atoms with Crippen molar-refractivity contribution in [1.82, 2.24) is 5.32 Å². The lowest BCUT2D eigenvalue weighted by Crippen LogP contribution is -2.46. The summed E-state index contributed by atoms with van der Waals surface area (Å²) < 4.78 is 27.4. The summed E-state index contributed by atoms with van der Waals surface area (Å²) in [5.74, 6) is -2.22. The molecule has 0 aliphatic rings. The van der Waals surface area contributed by atoms with E-state index in [1.54, 1.807) is 0 Å². The highest BCUT2D eigenvalue weighted by Crippen LogP contribution is 2.21. The number of anilines is 1. The quantitative estimate of drug-likeness (QED) is 0.191. The molecule has 0 spiro atoms. The van der Waals surface area contributed by atoms with Crippen molar-refractivity contribution in [1.29, 1.82) is 0 Å². The summed E-state index contributed by atoms with van der Waals surface area (Å²) in [6.07, 6.45) is -2.19. The second-order valence-electron chi connectivity index (χ2n) is 7.21. The van der Waals surface area contributed by atoms with Crippen molar-refractivity contribution in [3.8, 4) is 0 Å². The van der Waals surface area contributed by atoms with Crippen molar-refractivity contribution < 1.29 is 37.6 Å². The van der Waals surface area contributed by atoms with E-state index in [1.807, 2.05) is 0 Å². The smallest absolute Gasteiger partial charge is 0.331 e. The maximum atomic E-state index is 12.4. The molecule has 35 heavy (non-hydrogen) atoms. The van der Waals surface area contributed by atoms with Gasteiger partial charge in [-0.05, 0) is 48.9 Å². The van der Waals surface area contributed by atoms with Gasteiger partial charge >= 0.3 is 5.97 Å². The molecule has 2 aromatic carbocycles. The lowest BCUT2D eigenvalue weighted by atomic mass is 10.0. The SMILES string of the molecule is CCOC(=O)C(NC(=O)CCC(=O)Nc1ccc(S(N)(=O)=O)cc1)C(O)c1ccc([N+](=O)[O-])cc1. The molecule has 5 N–H and O–H groups in total. The first-order valence-electron chi connectivity index (χ1n) is 10.2. The Morgan fingerprint density at radius 1 is 1.06 bits per heavy atom. The Bertz CT molecular complexity index is 1180. The minimum atomic E-state index is -3.88. The number of amides is 2. The Kier molecular flexibility index (Phi) is 9.39. The van der Waals surface area contributed by atoms with Gasteiger partial charge in [0.2, 0.25) is 21.8 Å². The topological polar surface area (TPSA) is 208 Å². The summed E-state index contributed by atoms with van der Waals surface area (Å²) in [5.41, 5.74) is 0.193. The Labute approximate surface area is 200 Å². The van der Waals surface area contributed by atoms with Crippen LogP contribution in [0.3, 0.4) is 0 Å². The van der Waals surface area contributed by atoms with Crippen molar-refractivity contribution in [2.45, 2.75) is 36.8 Å². The number of nitrogens with two attached hydrogens (primary N) is 1. The zero-order valence-electron chi connectivity index (χ0n) is 18.5. The molecule has 0 aromatic heterocycles. The van der Waals surface area contributed by atoms with Crippen molar-refractivity contribution >= 4 is 39.2 Å². The van der Waals surface area contributed by atoms with Crippen LogP contribution in [0.2, 0.25) is 0 Å². The van der Waals surface area contributed by atoms with E-state index in [0.29, 0.717) is 0 Å². The lowest BCUT2D eigenvalue weighted by Gasteiger charge is -2.22. The fourth-order valence-electron chi connectivity index (χ4n) is 2.91. The molecule has 0 aliphatic carbocycles. The highest BCUT2D eigenvalue weighted by atomic mass is 32.2. The third kappa shape index (κ3) is 8.13. The van der Waals surface area contributed by atoms with E-state index < -0.39 is 44.9 Å². The average molecular weight is 509 g/mol. The maximum absolute atomic E-state index is 12.4. The summed E-state index contributed by atoms with van der Waals surface area (Å²) in [7, 11) is -3.88. The Balaban J connectivity index is 1.99. The molecule has 2 aromatic rings. The number of non-ortho nitro benzene ring substituents is 1. The van der Waals surface area contributed by atoms with E-state index in [1.165, 1.54) is 43.3 Å². The number of nitro benzene ring substituents is 1. The summed E-state index contributed by atoms with van der Waals surface area (Å²) in [5, 5.41) is 31.2. The molecule has 0 saturated carbocycles. The molecule has 14 heteroatoms. The second kappa shape index (κ2) is 12.0. The number of hydrogen-bond acceptors (Lipinski definition) is 9. The van der Waals surface area contributed by atoms with Crippen molar-refractivity contribution in [3.05, 3.63) is 64.2 Å². The van der Waals surface area contributed by atoms with Crippen LogP contribution in [-0.4, -0.2) is 48.9 Å². The zero-order chi connectivity index (χ0) is 26.2. The molecule has 0 aliphatic heterocycles. The molecule has 0 bridgehead atoms. The van der Waals surface area contributed by atoms with Gasteiger partial charge in [0.1, 0.15) is 6.10 Å². The van der Waals surface area contributed by atoms with Gasteiger partial charge in [-0.25, -0.2) is 18.4 Å². The molecule has 0 radical (unpaired) electrons. The molecule has 2 unspecified atom stereocenters. The van der Waals surface area contributed by atoms with Crippen LogP contribution in [0.25, 0.3) is 0 Å². The number of nitrogens with zero attached hydrogens (tertiary/aromatic N) is 1. The van der Waals surface area contributed by atoms with Gasteiger partial charge < -0.3 is 20.5 Å². The molecule has 13 nitrogen and oxygen atoms in total. The van der Waals surface area contributed by atoms with E-state index >= 15 is 0 Å². The molecule has 0 fully saturated rings. The highest BCUT2D eigenvalue weighted by molar-refractivity contribution is 7.89. The monoisotopic (exact) mass is 508 g/mol. The molecular formula is C21H24N4O9S. The van der Waals surface area contributed by atoms with Gasteiger partial charge in [-0.2, -0.15) is 0 Å². The van der Waals surface area contributed by atoms with Gasteiger partial charge in [-0.1, -0.05) is 0 Å². The third-order valence-corrected chi connectivity index (χ3v) is 5.59. The van der Waals surface area contributed by atoms with Gasteiger partial charge in [0.25, 0.3) is 5.69 Å². The number of sulfonamides is 1. The number of carbonyl (C=O) groups excluding carboxylic acids is 3. The van der Waals surface area contributed by atoms with Gasteiger partial charge in [0, 0.05) is 30.7 Å². The van der Waals surface area contributed by atoms with Crippen LogP contribution in [0.15, 0.2) is 53.4 Å². The van der Waals surface area contributed by atoms with Crippen LogP contribution < -0.4 is 15.8 Å². The molecule has 0 heterocycles. The van der Waals surface area contributed by atoms with Gasteiger partial charge in [-0.3, -0.25) is 19.7 Å². The summed E-state index contributed by atoms with van der Waals surface area (Å²) >= 11 is 0. The zero-order valence-corrected chi connectivity index (χ0v) is 19.4. The van der Waals surface area contributed by atoms with Crippen molar-refractivity contribution in [2.24, 2.45) is 5.14 Å². The molecular weight excluding hydrogens is 484 g/mol. The first-order valence-corrected chi connectivity index (χ1v) is 11.8. The predicted octanol–water partition coefficient (Wildman–Crippen LogP) is 0.742. The molecule has 2 rings (SSSR count). The Morgan fingerprint density at radius 3 is 2.14 bits per heavy atom. The molecule has 0 saturated heterocycles. The first-order chi connectivity index (χ1) is 16.4. The summed E-state index contributed by atoms with van der Waals surface area (Å²) in [6.45, 7) is 1.51. The number of ether oxygens (including phenoxy) is 1. The number of carbonyl (C=O) groups is 3. The number of esters is 1. The second-order valence-corrected chi connectivity index (χ2v) is 8.77. The number of nitrogens with one attached hydrogen (secondary N) is 2. The molecule has 2 amide bonds. The number of hydrogen-bond donors (Lipinski definition) is 4. The lowest BCUT2D eigenvalue weighted by molar-refractivity contribution is -0.384. The van der Waals surface area contributed by atoms with Crippen LogP contribution in [0.5, 0.6) is 0 Å². The normalized spacial score (nSPS) is 12.8. The number of aliphatic hydroxyl groups is 1. The maximum Gasteiger partial charge on any atom is 0.331 e. The Morgan fingerprint density at radius 2 is 1.63 bits per heavy atom. The predicted molar refractivity (Wildman–Crippen MR) is 122 cm³/mol. The van der Waals surface area contributed by atoms with E-state index in [-0.39, 0.29) is 41.3 Å². The fourth-order valence-corrected chi connectivity index (χ4v) is 3.42. The summed E-state index contributed by atoms with van der Waals surface area (Å²) in [6, 6.07) is 8.33. The van der Waals surface area contributed by atoms with E-state index in [4.69, 9.17) is 9.88 Å². The first kappa shape index (κ1) is 27.4. The van der Waals surface area contributed by atoms with Gasteiger partial charge in [-0.15, -0.1) is 0 Å². The summed E-state index contributed by atoms with van der Waals surface area (Å²) in [4.78, 5) is 46.9. The van der Waals surface area contributed by atoms with Crippen LogP contribution in [0.1, 0.15) is 31.4 Å². The number of primary sulfonamides is 1. The van der Waals surface area contributed by atoms with Crippen LogP contribution >= 0.6 is 0 Å². The average Bonchev–Trinajstić information content (AvgIpc) is 2.80. The van der Waals surface area contributed by atoms with Crippen molar-refractivity contribution in [2.75, 3.05) is 11.9 Å². The van der Waals surface area contributed by atoms with Crippen LogP contribution in [0, 0.1) is 10.1 Å². The molecule has 188 valence electrons. The van der Waals surface area contributed by atoms with Gasteiger partial charge in [0.15, 0.2) is 6.04 Å². The fraction of sp³-hybridized carbons (Fsp3) is 0.286. The number of rotatable bonds is 11. The highest BCUT2D eigenvalue weighted by Gasteiger charge is 2.31. The number of benzene rings is 2.